The monoisotopic (exact) mass is 451 g/mol. The second-order valence-corrected chi connectivity index (χ2v) is 8.90. The van der Waals surface area contributed by atoms with Gasteiger partial charge in [0.1, 0.15) is 17.2 Å². The largest absolute Gasteiger partial charge is 0.497 e. The van der Waals surface area contributed by atoms with Gasteiger partial charge < -0.3 is 24.2 Å². The molecule has 2 aliphatic rings. The Bertz CT molecular complexity index is 1000. The maximum Gasteiger partial charge on any atom is 0.247 e. The molecule has 33 heavy (non-hydrogen) atoms. The number of rotatable bonds is 6. The molecule has 176 valence electrons. The van der Waals surface area contributed by atoms with E-state index < -0.39 is 5.60 Å². The number of likely N-dealkylation sites (tertiary alicyclic amines) is 1. The normalized spacial score (nSPS) is 24.9. The van der Waals surface area contributed by atoms with Gasteiger partial charge in [0.05, 0.1) is 33.0 Å². The van der Waals surface area contributed by atoms with Crippen LogP contribution in [0.4, 0.5) is 0 Å². The maximum absolute atomic E-state index is 13.5. The van der Waals surface area contributed by atoms with E-state index in [4.69, 9.17) is 14.2 Å². The minimum absolute atomic E-state index is 0.0562. The second kappa shape index (κ2) is 9.87. The smallest absolute Gasteiger partial charge is 0.247 e. The number of benzene rings is 2. The Kier molecular flexibility index (Phi) is 6.94. The lowest BCUT2D eigenvalue weighted by molar-refractivity contribution is -0.151. The summed E-state index contributed by atoms with van der Waals surface area (Å²) in [5.74, 6) is 2.05. The average molecular weight is 452 g/mol. The Balaban J connectivity index is 1.69. The Morgan fingerprint density at radius 1 is 1.00 bits per heavy atom. The number of nitrogens with zero attached hydrogens (tertiary/aromatic N) is 1. The van der Waals surface area contributed by atoms with Gasteiger partial charge in [-0.1, -0.05) is 25.0 Å². The van der Waals surface area contributed by atoms with Crippen LogP contribution in [0.15, 0.2) is 48.5 Å². The molecule has 4 rings (SSSR count). The first-order chi connectivity index (χ1) is 16.0. The second-order valence-electron chi connectivity index (χ2n) is 8.90. The number of carbonyl (C=O) groups is 1. The summed E-state index contributed by atoms with van der Waals surface area (Å²) in [5.41, 5.74) is 1.03. The van der Waals surface area contributed by atoms with Gasteiger partial charge in [0.2, 0.25) is 5.91 Å². The highest BCUT2D eigenvalue weighted by Gasteiger charge is 2.50. The van der Waals surface area contributed by atoms with Crippen molar-refractivity contribution in [1.82, 2.24) is 4.90 Å². The predicted octanol–water partition coefficient (Wildman–Crippen LogP) is 4.62. The molecular formula is C27H33NO5. The first kappa shape index (κ1) is 23.2. The van der Waals surface area contributed by atoms with Gasteiger partial charge in [-0.2, -0.15) is 0 Å². The van der Waals surface area contributed by atoms with Crippen molar-refractivity contribution in [1.29, 1.82) is 0 Å². The molecule has 0 spiro atoms. The average Bonchev–Trinajstić information content (AvgIpc) is 2.86. The Labute approximate surface area is 195 Å². The van der Waals surface area contributed by atoms with Crippen molar-refractivity contribution in [3.05, 3.63) is 59.7 Å². The molecule has 0 radical (unpaired) electrons. The molecule has 0 aromatic heterocycles. The Morgan fingerprint density at radius 3 is 2.42 bits per heavy atom. The van der Waals surface area contributed by atoms with E-state index in [0.29, 0.717) is 24.5 Å². The molecule has 3 atom stereocenters. The van der Waals surface area contributed by atoms with Crippen molar-refractivity contribution in [3.8, 4) is 17.2 Å². The fourth-order valence-electron chi connectivity index (χ4n) is 5.36. The van der Waals surface area contributed by atoms with Gasteiger partial charge >= 0.3 is 0 Å². The van der Waals surface area contributed by atoms with E-state index in [0.717, 1.165) is 42.6 Å². The molecule has 2 aromatic carbocycles. The molecule has 1 N–H and O–H groups in total. The van der Waals surface area contributed by atoms with Gasteiger partial charge in [0.15, 0.2) is 0 Å². The van der Waals surface area contributed by atoms with Crippen molar-refractivity contribution in [3.63, 3.8) is 0 Å². The lowest BCUT2D eigenvalue weighted by Gasteiger charge is -2.52. The van der Waals surface area contributed by atoms with Crippen LogP contribution >= 0.6 is 0 Å². The SMILES string of the molecule is COc1ccc(/C=C/C(=O)N2CC[C@@]3(O)CCCC[C@@H]3[C@@H]2c2cc(OC)ccc2OC)cc1. The molecule has 1 saturated carbocycles. The third-order valence-corrected chi connectivity index (χ3v) is 7.14. The van der Waals surface area contributed by atoms with Crippen molar-refractivity contribution in [2.75, 3.05) is 27.9 Å². The summed E-state index contributed by atoms with van der Waals surface area (Å²) in [6.07, 6.45) is 7.72. The van der Waals surface area contributed by atoms with Crippen LogP contribution in [0.3, 0.4) is 0 Å². The number of fused-ring (bicyclic) bond motifs is 1. The molecule has 2 aromatic rings. The van der Waals surface area contributed by atoms with Crippen LogP contribution in [0.5, 0.6) is 17.2 Å². The van der Waals surface area contributed by atoms with Crippen LogP contribution < -0.4 is 14.2 Å². The Hall–Kier alpha value is -2.99. The molecule has 1 aliphatic carbocycles. The molecular weight excluding hydrogens is 418 g/mol. The van der Waals surface area contributed by atoms with E-state index in [9.17, 15) is 9.90 Å². The Morgan fingerprint density at radius 2 is 1.73 bits per heavy atom. The summed E-state index contributed by atoms with van der Waals surface area (Å²) in [6.45, 7) is 0.490. The van der Waals surface area contributed by atoms with E-state index in [1.807, 2.05) is 53.4 Å². The number of aliphatic hydroxyl groups is 1. The summed E-state index contributed by atoms with van der Waals surface area (Å²) in [7, 11) is 4.89. The lowest BCUT2D eigenvalue weighted by atomic mass is 9.66. The van der Waals surface area contributed by atoms with Gasteiger partial charge in [-0.3, -0.25) is 4.79 Å². The zero-order chi connectivity index (χ0) is 23.4. The van der Waals surface area contributed by atoms with Crippen LogP contribution in [0.2, 0.25) is 0 Å². The fourth-order valence-corrected chi connectivity index (χ4v) is 5.36. The summed E-state index contributed by atoms with van der Waals surface area (Å²) >= 11 is 0. The van der Waals surface area contributed by atoms with Crippen LogP contribution in [0, 0.1) is 5.92 Å². The zero-order valence-electron chi connectivity index (χ0n) is 19.6. The minimum atomic E-state index is -0.770. The molecule has 1 heterocycles. The summed E-state index contributed by atoms with van der Waals surface area (Å²) in [5, 5.41) is 11.5. The number of methoxy groups -OCH3 is 3. The standard InChI is InChI=1S/C27H33NO5/c1-31-20-10-7-19(8-11-20)9-14-25(29)28-17-16-27(30)15-5-4-6-23(27)26(28)22-18-21(32-2)12-13-24(22)33-3/h7-14,18,23,26,30H,4-6,15-17H2,1-3H3/b14-9+/t23-,26+,27+/m1/s1. The van der Waals surface area contributed by atoms with E-state index >= 15 is 0 Å². The molecule has 1 amide bonds. The van der Waals surface area contributed by atoms with Gasteiger partial charge in [-0.15, -0.1) is 0 Å². The number of carbonyl (C=O) groups excluding carboxylic acids is 1. The molecule has 1 aliphatic heterocycles. The first-order valence-corrected chi connectivity index (χ1v) is 11.6. The summed E-state index contributed by atoms with van der Waals surface area (Å²) in [6, 6.07) is 13.0. The van der Waals surface area contributed by atoms with Gasteiger partial charge in [-0.05, 0) is 61.2 Å². The third kappa shape index (κ3) is 4.71. The molecule has 0 unspecified atom stereocenters. The molecule has 6 heteroatoms. The topological polar surface area (TPSA) is 68.2 Å². The van der Waals surface area contributed by atoms with Gasteiger partial charge in [-0.25, -0.2) is 0 Å². The predicted molar refractivity (Wildman–Crippen MR) is 128 cm³/mol. The minimum Gasteiger partial charge on any atom is -0.497 e. The van der Waals surface area contributed by atoms with E-state index in [1.54, 1.807) is 27.4 Å². The van der Waals surface area contributed by atoms with Gasteiger partial charge in [0.25, 0.3) is 0 Å². The lowest BCUT2D eigenvalue weighted by Crippen LogP contribution is -2.56. The van der Waals surface area contributed by atoms with Crippen molar-refractivity contribution in [2.45, 2.75) is 43.7 Å². The van der Waals surface area contributed by atoms with Crippen LogP contribution in [0.1, 0.15) is 49.3 Å². The number of ether oxygens (including phenoxy) is 3. The van der Waals surface area contributed by atoms with E-state index in [-0.39, 0.29) is 17.9 Å². The third-order valence-electron chi connectivity index (χ3n) is 7.14. The number of hydrogen-bond acceptors (Lipinski definition) is 5. The number of piperidine rings is 1. The van der Waals surface area contributed by atoms with E-state index in [2.05, 4.69) is 0 Å². The van der Waals surface area contributed by atoms with Crippen molar-refractivity contribution >= 4 is 12.0 Å². The van der Waals surface area contributed by atoms with Crippen LogP contribution in [-0.2, 0) is 4.79 Å². The van der Waals surface area contributed by atoms with Crippen molar-refractivity contribution in [2.24, 2.45) is 5.92 Å². The van der Waals surface area contributed by atoms with Crippen LogP contribution in [-0.4, -0.2) is 49.4 Å². The fraction of sp³-hybridized carbons (Fsp3) is 0.444. The number of hydrogen-bond donors (Lipinski definition) is 1. The van der Waals surface area contributed by atoms with E-state index in [1.165, 1.54) is 0 Å². The zero-order valence-corrected chi connectivity index (χ0v) is 19.6. The van der Waals surface area contributed by atoms with Gasteiger partial charge in [0, 0.05) is 24.1 Å². The first-order valence-electron chi connectivity index (χ1n) is 11.6. The van der Waals surface area contributed by atoms with Crippen LogP contribution in [0.25, 0.3) is 6.08 Å². The highest BCUT2D eigenvalue weighted by atomic mass is 16.5. The summed E-state index contributed by atoms with van der Waals surface area (Å²) in [4.78, 5) is 15.4. The molecule has 0 bridgehead atoms. The molecule has 1 saturated heterocycles. The highest BCUT2D eigenvalue weighted by Crippen LogP contribution is 2.51. The number of amides is 1. The summed E-state index contributed by atoms with van der Waals surface area (Å²) < 4.78 is 16.4. The van der Waals surface area contributed by atoms with Crippen molar-refractivity contribution < 1.29 is 24.1 Å². The highest BCUT2D eigenvalue weighted by molar-refractivity contribution is 5.92. The molecule has 6 nitrogen and oxygen atoms in total. The quantitative estimate of drug-likeness (QED) is 0.649. The molecule has 2 fully saturated rings. The maximum atomic E-state index is 13.5.